The molecule has 1 amide bonds. The van der Waals surface area contributed by atoms with Gasteiger partial charge in [0.15, 0.2) is 0 Å². The van der Waals surface area contributed by atoms with E-state index in [0.717, 1.165) is 24.8 Å². The Morgan fingerprint density at radius 3 is 2.33 bits per heavy atom. The SMILES string of the molecule is C=C(C)CC(=O)NCCCCCC(C)=O. The molecule has 0 saturated carbocycles. The monoisotopic (exact) mass is 211 g/mol. The van der Waals surface area contributed by atoms with Crippen LogP contribution in [0.5, 0.6) is 0 Å². The van der Waals surface area contributed by atoms with E-state index in [0.29, 0.717) is 19.4 Å². The highest BCUT2D eigenvalue weighted by molar-refractivity contribution is 5.78. The van der Waals surface area contributed by atoms with Gasteiger partial charge < -0.3 is 10.1 Å². The standard InChI is InChI=1S/C12H21NO2/c1-10(2)9-12(15)13-8-6-4-5-7-11(3)14/h1,4-9H2,2-3H3,(H,13,15). The Labute approximate surface area is 91.9 Å². The Morgan fingerprint density at radius 2 is 1.80 bits per heavy atom. The molecule has 3 heteroatoms. The van der Waals surface area contributed by atoms with Gasteiger partial charge in [0.1, 0.15) is 5.78 Å². The molecular weight excluding hydrogens is 190 g/mol. The first-order valence-corrected chi connectivity index (χ1v) is 5.43. The number of carbonyl (C=O) groups is 2. The third-order valence-corrected chi connectivity index (χ3v) is 1.99. The molecule has 0 aromatic heterocycles. The summed E-state index contributed by atoms with van der Waals surface area (Å²) < 4.78 is 0. The third kappa shape index (κ3) is 10.8. The summed E-state index contributed by atoms with van der Waals surface area (Å²) in [4.78, 5) is 21.8. The number of ketones is 1. The molecular formula is C12H21NO2. The fraction of sp³-hybridized carbons (Fsp3) is 0.667. The van der Waals surface area contributed by atoms with Gasteiger partial charge in [-0.25, -0.2) is 0 Å². The number of unbranched alkanes of at least 4 members (excludes halogenated alkanes) is 2. The largest absolute Gasteiger partial charge is 0.356 e. The van der Waals surface area contributed by atoms with Crippen LogP contribution in [0.25, 0.3) is 0 Å². The molecule has 0 rings (SSSR count). The summed E-state index contributed by atoms with van der Waals surface area (Å²) in [5.41, 5.74) is 0.879. The fourth-order valence-electron chi connectivity index (χ4n) is 1.24. The Morgan fingerprint density at radius 1 is 1.13 bits per heavy atom. The van der Waals surface area contributed by atoms with Gasteiger partial charge in [-0.15, -0.1) is 0 Å². The lowest BCUT2D eigenvalue weighted by Gasteiger charge is -2.04. The number of rotatable bonds is 8. The number of carbonyl (C=O) groups excluding carboxylic acids is 2. The van der Waals surface area contributed by atoms with Crippen molar-refractivity contribution in [1.29, 1.82) is 0 Å². The molecule has 0 bridgehead atoms. The lowest BCUT2D eigenvalue weighted by atomic mass is 10.1. The van der Waals surface area contributed by atoms with E-state index in [4.69, 9.17) is 0 Å². The van der Waals surface area contributed by atoms with Crippen LogP contribution in [-0.2, 0) is 9.59 Å². The summed E-state index contributed by atoms with van der Waals surface area (Å²) in [6.45, 7) is 7.82. The smallest absolute Gasteiger partial charge is 0.224 e. The molecule has 0 spiro atoms. The fourth-order valence-corrected chi connectivity index (χ4v) is 1.24. The molecule has 0 atom stereocenters. The lowest BCUT2D eigenvalue weighted by molar-refractivity contribution is -0.120. The molecule has 15 heavy (non-hydrogen) atoms. The third-order valence-electron chi connectivity index (χ3n) is 1.99. The van der Waals surface area contributed by atoms with E-state index in [9.17, 15) is 9.59 Å². The van der Waals surface area contributed by atoms with Crippen molar-refractivity contribution in [2.24, 2.45) is 0 Å². The predicted molar refractivity (Wildman–Crippen MR) is 61.6 cm³/mol. The van der Waals surface area contributed by atoms with Gasteiger partial charge in [0, 0.05) is 19.4 Å². The highest BCUT2D eigenvalue weighted by Crippen LogP contribution is 2.00. The van der Waals surface area contributed by atoms with E-state index < -0.39 is 0 Å². The molecule has 0 aromatic rings. The van der Waals surface area contributed by atoms with Crippen LogP contribution in [0.4, 0.5) is 0 Å². The van der Waals surface area contributed by atoms with Crippen LogP contribution in [0.3, 0.4) is 0 Å². The van der Waals surface area contributed by atoms with Crippen molar-refractivity contribution in [2.75, 3.05) is 6.54 Å². The van der Waals surface area contributed by atoms with Gasteiger partial charge in [0.25, 0.3) is 0 Å². The van der Waals surface area contributed by atoms with Gasteiger partial charge in [0.2, 0.25) is 5.91 Å². The van der Waals surface area contributed by atoms with Crippen molar-refractivity contribution >= 4 is 11.7 Å². The normalized spacial score (nSPS) is 9.73. The van der Waals surface area contributed by atoms with Crippen LogP contribution in [0, 0.1) is 0 Å². The molecule has 1 N–H and O–H groups in total. The maximum Gasteiger partial charge on any atom is 0.224 e. The van der Waals surface area contributed by atoms with Crippen molar-refractivity contribution in [2.45, 2.75) is 46.0 Å². The zero-order valence-electron chi connectivity index (χ0n) is 9.77. The minimum atomic E-state index is 0.0362. The van der Waals surface area contributed by atoms with E-state index in [-0.39, 0.29) is 11.7 Å². The van der Waals surface area contributed by atoms with Crippen molar-refractivity contribution in [3.63, 3.8) is 0 Å². The molecule has 0 fully saturated rings. The van der Waals surface area contributed by atoms with Gasteiger partial charge in [-0.1, -0.05) is 18.6 Å². The van der Waals surface area contributed by atoms with Crippen molar-refractivity contribution < 1.29 is 9.59 Å². The van der Waals surface area contributed by atoms with Crippen molar-refractivity contribution in [1.82, 2.24) is 5.32 Å². The zero-order valence-corrected chi connectivity index (χ0v) is 9.77. The van der Waals surface area contributed by atoms with E-state index >= 15 is 0 Å². The van der Waals surface area contributed by atoms with Gasteiger partial charge >= 0.3 is 0 Å². The minimum Gasteiger partial charge on any atom is -0.356 e. The average Bonchev–Trinajstić information content (AvgIpc) is 2.09. The molecule has 0 aliphatic carbocycles. The molecule has 0 heterocycles. The Balaban J connectivity index is 3.27. The Kier molecular flexibility index (Phi) is 7.60. The first-order valence-electron chi connectivity index (χ1n) is 5.43. The second-order valence-electron chi connectivity index (χ2n) is 4.00. The maximum atomic E-state index is 11.2. The van der Waals surface area contributed by atoms with Crippen LogP contribution in [0.2, 0.25) is 0 Å². The van der Waals surface area contributed by atoms with Crippen LogP contribution in [-0.4, -0.2) is 18.2 Å². The molecule has 0 aliphatic rings. The van der Waals surface area contributed by atoms with Crippen molar-refractivity contribution in [3.8, 4) is 0 Å². The van der Waals surface area contributed by atoms with Gasteiger partial charge in [-0.05, 0) is 26.7 Å². The van der Waals surface area contributed by atoms with E-state index in [1.54, 1.807) is 6.92 Å². The molecule has 0 radical (unpaired) electrons. The predicted octanol–water partition coefficient (Wildman–Crippen LogP) is 2.22. The summed E-state index contributed by atoms with van der Waals surface area (Å²) in [6, 6.07) is 0. The van der Waals surface area contributed by atoms with Crippen LogP contribution < -0.4 is 5.32 Å². The van der Waals surface area contributed by atoms with Crippen LogP contribution >= 0.6 is 0 Å². The molecule has 86 valence electrons. The summed E-state index contributed by atoms with van der Waals surface area (Å²) in [5.74, 6) is 0.274. The number of hydrogen-bond donors (Lipinski definition) is 1. The molecule has 0 saturated heterocycles. The Bertz CT molecular complexity index is 234. The topological polar surface area (TPSA) is 46.2 Å². The maximum absolute atomic E-state index is 11.2. The van der Waals surface area contributed by atoms with Crippen molar-refractivity contribution in [3.05, 3.63) is 12.2 Å². The number of hydrogen-bond acceptors (Lipinski definition) is 2. The molecule has 3 nitrogen and oxygen atoms in total. The highest BCUT2D eigenvalue weighted by atomic mass is 16.1. The number of Topliss-reactive ketones (excluding diaryl/α,β-unsaturated/α-hetero) is 1. The summed E-state index contributed by atoms with van der Waals surface area (Å²) in [5, 5.41) is 2.82. The molecule has 0 aliphatic heterocycles. The molecule has 0 aromatic carbocycles. The second kappa shape index (κ2) is 8.21. The Hall–Kier alpha value is -1.12. The zero-order chi connectivity index (χ0) is 11.7. The summed E-state index contributed by atoms with van der Waals surface area (Å²) in [7, 11) is 0. The number of amides is 1. The van der Waals surface area contributed by atoms with Gasteiger partial charge in [0.05, 0.1) is 0 Å². The van der Waals surface area contributed by atoms with Crippen LogP contribution in [0.1, 0.15) is 46.0 Å². The second-order valence-corrected chi connectivity index (χ2v) is 4.00. The van der Waals surface area contributed by atoms with E-state index in [1.807, 2.05) is 6.92 Å². The van der Waals surface area contributed by atoms with E-state index in [2.05, 4.69) is 11.9 Å². The average molecular weight is 211 g/mol. The van der Waals surface area contributed by atoms with Gasteiger partial charge in [-0.2, -0.15) is 0 Å². The first kappa shape index (κ1) is 13.9. The molecule has 0 unspecified atom stereocenters. The van der Waals surface area contributed by atoms with Gasteiger partial charge in [-0.3, -0.25) is 4.79 Å². The first-order chi connectivity index (χ1) is 7.02. The summed E-state index contributed by atoms with van der Waals surface area (Å²) in [6.07, 6.45) is 3.92. The summed E-state index contributed by atoms with van der Waals surface area (Å²) >= 11 is 0. The lowest BCUT2D eigenvalue weighted by Crippen LogP contribution is -2.24. The van der Waals surface area contributed by atoms with E-state index in [1.165, 1.54) is 0 Å². The van der Waals surface area contributed by atoms with Crippen LogP contribution in [0.15, 0.2) is 12.2 Å². The number of nitrogens with one attached hydrogen (secondary N) is 1. The minimum absolute atomic E-state index is 0.0362. The highest BCUT2D eigenvalue weighted by Gasteiger charge is 2.00. The quantitative estimate of drug-likeness (QED) is 0.494.